The summed E-state index contributed by atoms with van der Waals surface area (Å²) in [4.78, 5) is 20.2. The highest BCUT2D eigenvalue weighted by Gasteiger charge is 2.33. The van der Waals surface area contributed by atoms with E-state index in [4.69, 9.17) is 41.9 Å². The van der Waals surface area contributed by atoms with Gasteiger partial charge >= 0.3 is 5.90 Å². The van der Waals surface area contributed by atoms with Gasteiger partial charge in [-0.25, -0.2) is 24.9 Å². The number of anilines is 1. The van der Waals surface area contributed by atoms with Crippen LogP contribution in [0.25, 0.3) is 11.1 Å². The number of nitrogens with one attached hydrogen (secondary N) is 3. The number of halogens is 1. The maximum atomic E-state index is 7.33. The largest absolute Gasteiger partial charge is 0.487 e. The third kappa shape index (κ3) is 8.34. The Morgan fingerprint density at radius 2 is 1.90 bits per heavy atom. The Labute approximate surface area is 283 Å². The van der Waals surface area contributed by atoms with E-state index in [1.54, 1.807) is 36.9 Å². The molecule has 2 aliphatic heterocycles. The molecule has 0 unspecified atom stereocenters. The Bertz CT molecular complexity index is 1660. The van der Waals surface area contributed by atoms with Crippen molar-refractivity contribution in [3.8, 4) is 16.9 Å². The molecule has 48 heavy (non-hydrogen) atoms. The first-order valence-electron chi connectivity index (χ1n) is 15.8. The van der Waals surface area contributed by atoms with E-state index in [0.29, 0.717) is 40.2 Å². The Kier molecular flexibility index (Phi) is 10.9. The zero-order valence-electron chi connectivity index (χ0n) is 26.6. The lowest BCUT2D eigenvalue weighted by atomic mass is 9.92. The Morgan fingerprint density at radius 1 is 1.15 bits per heavy atom. The monoisotopic (exact) mass is 673 g/mol. The summed E-state index contributed by atoms with van der Waals surface area (Å²) in [6.45, 7) is 5.81. The first-order valence-corrected chi connectivity index (χ1v) is 16.2. The van der Waals surface area contributed by atoms with E-state index < -0.39 is 0 Å². The average molecular weight is 674 g/mol. The molecule has 0 radical (unpaired) electrons. The lowest BCUT2D eigenvalue weighted by Crippen LogP contribution is -2.45. The minimum Gasteiger partial charge on any atom is -0.487 e. The maximum absolute atomic E-state index is 7.33. The highest BCUT2D eigenvalue weighted by molar-refractivity contribution is 6.32. The second-order valence-corrected chi connectivity index (χ2v) is 11.9. The zero-order valence-corrected chi connectivity index (χ0v) is 27.4. The molecule has 2 aromatic heterocycles. The fraction of sp³-hybridized carbons (Fsp3) is 0.406. The SMILES string of the molecule is C[C@@H](CN(C=N)N=N)Oc1cc(-c2cnc(NC3=C[N+](=C4CCC(N5CCOCC5)CC4)N=C3OCc3ncccn3)nc2)ccc1Cl. The number of ether oxygens (including phenoxy) is 3. The molecule has 1 atom stereocenters. The number of nitrogens with zero attached hydrogens (tertiary/aromatic N) is 9. The molecule has 1 aromatic carbocycles. The van der Waals surface area contributed by atoms with Crippen LogP contribution in [0, 0.1) is 10.9 Å². The number of hydrazone groups is 1. The normalized spacial score (nSPS) is 18.8. The molecule has 0 spiro atoms. The molecular formula is C32H38ClN12O3+. The van der Waals surface area contributed by atoms with Crippen LogP contribution in [0.1, 0.15) is 38.4 Å². The molecule has 250 valence electrons. The van der Waals surface area contributed by atoms with Gasteiger partial charge in [0, 0.05) is 67.4 Å². The van der Waals surface area contributed by atoms with Gasteiger partial charge in [0.1, 0.15) is 24.8 Å². The van der Waals surface area contributed by atoms with E-state index in [2.05, 4.69) is 35.4 Å². The van der Waals surface area contributed by atoms with Crippen LogP contribution in [-0.4, -0.2) is 97.5 Å². The highest BCUT2D eigenvalue weighted by atomic mass is 35.5. The summed E-state index contributed by atoms with van der Waals surface area (Å²) in [5, 5.41) is 20.3. The van der Waals surface area contributed by atoms with Crippen LogP contribution in [0.3, 0.4) is 0 Å². The van der Waals surface area contributed by atoms with Gasteiger partial charge in [-0.2, -0.15) is 5.53 Å². The zero-order chi connectivity index (χ0) is 33.3. The Hall–Kier alpha value is -4.86. The first-order chi connectivity index (χ1) is 23.5. The fourth-order valence-electron chi connectivity index (χ4n) is 5.80. The lowest BCUT2D eigenvalue weighted by Gasteiger charge is -2.36. The molecule has 1 saturated carbocycles. The predicted molar refractivity (Wildman–Crippen MR) is 179 cm³/mol. The maximum Gasteiger partial charge on any atom is 0.310 e. The lowest BCUT2D eigenvalue weighted by molar-refractivity contribution is -0.462. The molecule has 15 nitrogen and oxygen atoms in total. The predicted octanol–water partition coefficient (Wildman–Crippen LogP) is 4.73. The summed E-state index contributed by atoms with van der Waals surface area (Å²) < 4.78 is 19.6. The van der Waals surface area contributed by atoms with Crippen molar-refractivity contribution in [3.05, 3.63) is 71.8 Å². The molecule has 6 rings (SSSR count). The van der Waals surface area contributed by atoms with Crippen molar-refractivity contribution in [1.82, 2.24) is 29.8 Å². The van der Waals surface area contributed by atoms with Crippen molar-refractivity contribution in [1.29, 1.82) is 10.9 Å². The van der Waals surface area contributed by atoms with Crippen LogP contribution < -0.4 is 10.1 Å². The number of benzene rings is 1. The number of hydrogen-bond acceptors (Lipinski definition) is 13. The van der Waals surface area contributed by atoms with Crippen molar-refractivity contribution in [2.24, 2.45) is 10.3 Å². The molecule has 16 heteroatoms. The summed E-state index contributed by atoms with van der Waals surface area (Å²) in [6.07, 6.45) is 13.4. The Morgan fingerprint density at radius 3 is 2.60 bits per heavy atom. The number of morpholine rings is 1. The van der Waals surface area contributed by atoms with Crippen molar-refractivity contribution < 1.29 is 18.9 Å². The molecular weight excluding hydrogens is 636 g/mol. The standard InChI is InChI=1S/C32H38ClN12O3/c1-22(18-44(21-34)42-35)48-29-15-23(3-8-27(29)33)24-16-38-32(39-17-24)40-28-19-45(41-31(28)47-20-30-36-9-2-10-37-30)26-6-4-25(5-7-26)43-11-13-46-14-12-43/h2-3,8-10,15-17,19,21-22,25,34-35H,4-7,11-14,18,20H2,1H3,(H,38,39,40)/q+1/t22-,25?/m0/s1. The van der Waals surface area contributed by atoms with Crippen molar-refractivity contribution in [2.45, 2.75) is 51.4 Å². The van der Waals surface area contributed by atoms with E-state index in [1.807, 2.05) is 29.9 Å². The third-order valence-corrected chi connectivity index (χ3v) is 8.58. The summed E-state index contributed by atoms with van der Waals surface area (Å²) in [5.74, 6) is 1.81. The second-order valence-electron chi connectivity index (χ2n) is 11.5. The topological polar surface area (TPSA) is 173 Å². The van der Waals surface area contributed by atoms with Gasteiger partial charge in [0.05, 0.1) is 24.8 Å². The average Bonchev–Trinajstić information content (AvgIpc) is 3.54. The minimum absolute atomic E-state index is 0.164. The molecule has 0 bridgehead atoms. The molecule has 0 amide bonds. The van der Waals surface area contributed by atoms with Crippen molar-refractivity contribution in [2.75, 3.05) is 38.2 Å². The number of aromatic nitrogens is 4. The van der Waals surface area contributed by atoms with E-state index in [1.165, 1.54) is 5.71 Å². The molecule has 1 saturated heterocycles. The van der Waals surface area contributed by atoms with Gasteiger partial charge in [-0.15, -0.1) is 0 Å². The van der Waals surface area contributed by atoms with Gasteiger partial charge in [-0.05, 0) is 43.5 Å². The van der Waals surface area contributed by atoms with Crippen LogP contribution in [0.2, 0.25) is 5.02 Å². The van der Waals surface area contributed by atoms with E-state index in [-0.39, 0.29) is 19.3 Å². The van der Waals surface area contributed by atoms with Crippen LogP contribution >= 0.6 is 11.6 Å². The molecule has 3 aromatic rings. The summed E-state index contributed by atoms with van der Waals surface area (Å²) in [5.41, 5.74) is 10.6. The van der Waals surface area contributed by atoms with Crippen molar-refractivity contribution >= 4 is 35.5 Å². The second kappa shape index (κ2) is 15.8. The summed E-state index contributed by atoms with van der Waals surface area (Å²) in [6, 6.07) is 7.75. The highest BCUT2D eigenvalue weighted by Crippen LogP contribution is 2.31. The fourth-order valence-corrected chi connectivity index (χ4v) is 5.96. The number of hydrogen-bond donors (Lipinski definition) is 3. The third-order valence-electron chi connectivity index (χ3n) is 8.27. The van der Waals surface area contributed by atoms with E-state index in [0.717, 1.165) is 74.5 Å². The summed E-state index contributed by atoms with van der Waals surface area (Å²) in [7, 11) is 0. The van der Waals surface area contributed by atoms with Gasteiger partial charge in [-0.1, -0.05) is 27.6 Å². The van der Waals surface area contributed by atoms with Gasteiger partial charge in [-0.3, -0.25) is 10.3 Å². The number of rotatable bonds is 12. The van der Waals surface area contributed by atoms with Gasteiger partial charge in [0.2, 0.25) is 12.1 Å². The Balaban J connectivity index is 1.16. The quantitative estimate of drug-likeness (QED) is 0.0802. The van der Waals surface area contributed by atoms with E-state index >= 15 is 0 Å². The van der Waals surface area contributed by atoms with E-state index in [9.17, 15) is 0 Å². The molecule has 3 aliphatic rings. The van der Waals surface area contributed by atoms with Crippen molar-refractivity contribution in [3.63, 3.8) is 0 Å². The van der Waals surface area contributed by atoms with Gasteiger partial charge in [0.15, 0.2) is 17.2 Å². The first kappa shape index (κ1) is 33.1. The van der Waals surface area contributed by atoms with Crippen LogP contribution in [0.4, 0.5) is 5.95 Å². The van der Waals surface area contributed by atoms with Gasteiger partial charge < -0.3 is 19.5 Å². The smallest absolute Gasteiger partial charge is 0.310 e. The van der Waals surface area contributed by atoms with Gasteiger partial charge in [0.25, 0.3) is 0 Å². The van der Waals surface area contributed by atoms with Crippen LogP contribution in [-0.2, 0) is 16.1 Å². The minimum atomic E-state index is -0.375. The molecule has 3 N–H and O–H groups in total. The summed E-state index contributed by atoms with van der Waals surface area (Å²) >= 11 is 6.41. The van der Waals surface area contributed by atoms with Crippen LogP contribution in [0.5, 0.6) is 5.75 Å². The van der Waals surface area contributed by atoms with Crippen LogP contribution in [0.15, 0.2) is 71.3 Å². The molecule has 1 aliphatic carbocycles. The molecule has 2 fully saturated rings. The molecule has 4 heterocycles.